The van der Waals surface area contributed by atoms with Gasteiger partial charge in [0.05, 0.1) is 0 Å². The molecule has 0 aromatic carbocycles. The third kappa shape index (κ3) is 2.00. The number of halogens is 3. The van der Waals surface area contributed by atoms with Gasteiger partial charge in [-0.25, -0.2) is 0 Å². The quantitative estimate of drug-likeness (QED) is 0.710. The van der Waals surface area contributed by atoms with Gasteiger partial charge in [-0.05, 0) is 30.4 Å². The average molecular weight is 215 g/mol. The topological polar surface area (TPSA) is 30.0 Å². The molecule has 15 heavy (non-hydrogen) atoms. The summed E-state index contributed by atoms with van der Waals surface area (Å²) in [5, 5.41) is 0. The summed E-state index contributed by atoms with van der Waals surface area (Å²) < 4.78 is 37.1. The predicted octanol–water partition coefficient (Wildman–Crippen LogP) is 2.79. The smallest absolute Gasteiger partial charge is 0.298 e. The minimum atomic E-state index is -4.56. The van der Waals surface area contributed by atoms with Crippen LogP contribution in [0.25, 0.3) is 0 Å². The SMILES string of the molecule is O=Cc1cc(C2CC2)cnc1C(F)(F)F. The monoisotopic (exact) mass is 215 g/mol. The van der Waals surface area contributed by atoms with Crippen molar-refractivity contribution in [2.45, 2.75) is 24.9 Å². The van der Waals surface area contributed by atoms with Gasteiger partial charge in [0, 0.05) is 11.8 Å². The third-order valence-electron chi connectivity index (χ3n) is 2.38. The fourth-order valence-electron chi connectivity index (χ4n) is 1.47. The highest BCUT2D eigenvalue weighted by atomic mass is 19.4. The van der Waals surface area contributed by atoms with Crippen molar-refractivity contribution in [2.75, 3.05) is 0 Å². The van der Waals surface area contributed by atoms with E-state index in [1.807, 2.05) is 0 Å². The van der Waals surface area contributed by atoms with E-state index >= 15 is 0 Å². The number of aldehydes is 1. The van der Waals surface area contributed by atoms with E-state index in [-0.39, 0.29) is 11.8 Å². The Morgan fingerprint density at radius 1 is 1.40 bits per heavy atom. The van der Waals surface area contributed by atoms with E-state index in [0.29, 0.717) is 5.92 Å². The van der Waals surface area contributed by atoms with E-state index in [2.05, 4.69) is 4.98 Å². The van der Waals surface area contributed by atoms with Crippen LogP contribution in [0.15, 0.2) is 12.3 Å². The Kier molecular flexibility index (Phi) is 2.25. The summed E-state index contributed by atoms with van der Waals surface area (Å²) in [6, 6.07) is 1.29. The Morgan fingerprint density at radius 2 is 2.07 bits per heavy atom. The molecule has 0 amide bonds. The Bertz CT molecular complexity index is 396. The lowest BCUT2D eigenvalue weighted by Gasteiger charge is -2.09. The second kappa shape index (κ2) is 3.32. The second-order valence-electron chi connectivity index (χ2n) is 3.60. The number of aromatic nitrogens is 1. The van der Waals surface area contributed by atoms with Crippen LogP contribution in [0, 0.1) is 0 Å². The lowest BCUT2D eigenvalue weighted by atomic mass is 10.1. The summed E-state index contributed by atoms with van der Waals surface area (Å²) >= 11 is 0. The average Bonchev–Trinajstić information content (AvgIpc) is 2.98. The normalized spacial score (nSPS) is 16.5. The summed E-state index contributed by atoms with van der Waals surface area (Å²) in [5.41, 5.74) is -0.737. The Labute approximate surface area is 84.1 Å². The van der Waals surface area contributed by atoms with Crippen LogP contribution in [0.5, 0.6) is 0 Å². The van der Waals surface area contributed by atoms with Crippen LogP contribution in [0.2, 0.25) is 0 Å². The molecule has 1 fully saturated rings. The van der Waals surface area contributed by atoms with Crippen molar-refractivity contribution < 1.29 is 18.0 Å². The number of carbonyl (C=O) groups is 1. The Morgan fingerprint density at radius 3 is 2.53 bits per heavy atom. The summed E-state index contributed by atoms with van der Waals surface area (Å²) in [5.74, 6) is 0.290. The largest absolute Gasteiger partial charge is 0.434 e. The lowest BCUT2D eigenvalue weighted by molar-refractivity contribution is -0.141. The van der Waals surface area contributed by atoms with E-state index in [1.54, 1.807) is 0 Å². The van der Waals surface area contributed by atoms with Crippen molar-refractivity contribution >= 4 is 6.29 Å². The molecule has 1 aromatic rings. The molecule has 0 unspecified atom stereocenters. The second-order valence-corrected chi connectivity index (χ2v) is 3.60. The first-order valence-electron chi connectivity index (χ1n) is 4.54. The molecule has 0 N–H and O–H groups in total. The van der Waals surface area contributed by atoms with Gasteiger partial charge in [-0.2, -0.15) is 13.2 Å². The summed E-state index contributed by atoms with van der Waals surface area (Å²) in [4.78, 5) is 13.9. The van der Waals surface area contributed by atoms with Crippen molar-refractivity contribution in [3.8, 4) is 0 Å². The van der Waals surface area contributed by atoms with Crippen molar-refractivity contribution in [2.24, 2.45) is 0 Å². The molecule has 1 aliphatic rings. The van der Waals surface area contributed by atoms with Crippen LogP contribution >= 0.6 is 0 Å². The highest BCUT2D eigenvalue weighted by Crippen LogP contribution is 2.41. The van der Waals surface area contributed by atoms with Gasteiger partial charge < -0.3 is 0 Å². The van der Waals surface area contributed by atoms with Crippen LogP contribution in [0.3, 0.4) is 0 Å². The molecule has 1 saturated carbocycles. The van der Waals surface area contributed by atoms with Gasteiger partial charge >= 0.3 is 6.18 Å². The van der Waals surface area contributed by atoms with E-state index in [1.165, 1.54) is 12.3 Å². The molecule has 0 saturated heterocycles. The van der Waals surface area contributed by atoms with Gasteiger partial charge in [-0.1, -0.05) is 0 Å². The van der Waals surface area contributed by atoms with Crippen molar-refractivity contribution in [1.29, 1.82) is 0 Å². The fourth-order valence-corrected chi connectivity index (χ4v) is 1.47. The van der Waals surface area contributed by atoms with Gasteiger partial charge in [0.15, 0.2) is 12.0 Å². The fraction of sp³-hybridized carbons (Fsp3) is 0.400. The maximum atomic E-state index is 12.4. The number of nitrogens with zero attached hydrogens (tertiary/aromatic N) is 1. The zero-order valence-corrected chi connectivity index (χ0v) is 7.71. The van der Waals surface area contributed by atoms with Crippen LogP contribution in [-0.2, 0) is 6.18 Å². The van der Waals surface area contributed by atoms with Gasteiger partial charge in [-0.3, -0.25) is 9.78 Å². The number of alkyl halides is 3. The number of rotatable bonds is 2. The van der Waals surface area contributed by atoms with E-state index in [9.17, 15) is 18.0 Å². The van der Waals surface area contributed by atoms with Crippen LogP contribution in [-0.4, -0.2) is 11.3 Å². The van der Waals surface area contributed by atoms with E-state index in [0.717, 1.165) is 18.4 Å². The molecule has 1 heterocycles. The summed E-state index contributed by atoms with van der Waals surface area (Å²) in [6.45, 7) is 0. The van der Waals surface area contributed by atoms with Crippen LogP contribution in [0.4, 0.5) is 13.2 Å². The summed E-state index contributed by atoms with van der Waals surface area (Å²) in [7, 11) is 0. The number of hydrogen-bond acceptors (Lipinski definition) is 2. The van der Waals surface area contributed by atoms with Crippen molar-refractivity contribution in [1.82, 2.24) is 4.98 Å². The predicted molar refractivity (Wildman–Crippen MR) is 46.6 cm³/mol. The number of carbonyl (C=O) groups excluding carboxylic acids is 1. The van der Waals surface area contributed by atoms with Gasteiger partial charge in [-0.15, -0.1) is 0 Å². The summed E-state index contributed by atoms with van der Waals surface area (Å²) in [6.07, 6.45) is -1.20. The third-order valence-corrected chi connectivity index (χ3v) is 2.38. The maximum absolute atomic E-state index is 12.4. The number of pyridine rings is 1. The number of hydrogen-bond donors (Lipinski definition) is 0. The molecule has 0 atom stereocenters. The van der Waals surface area contributed by atoms with Gasteiger partial charge in [0.25, 0.3) is 0 Å². The van der Waals surface area contributed by atoms with Crippen molar-refractivity contribution in [3.05, 3.63) is 29.1 Å². The van der Waals surface area contributed by atoms with Crippen LogP contribution < -0.4 is 0 Å². The van der Waals surface area contributed by atoms with Gasteiger partial charge in [0.1, 0.15) is 0 Å². The minimum Gasteiger partial charge on any atom is -0.298 e. The molecule has 0 bridgehead atoms. The van der Waals surface area contributed by atoms with E-state index in [4.69, 9.17) is 0 Å². The lowest BCUT2D eigenvalue weighted by Crippen LogP contribution is -2.12. The molecule has 0 aliphatic heterocycles. The molecule has 2 rings (SSSR count). The standard InChI is InChI=1S/C10H8F3NO/c11-10(12,13)9-8(5-15)3-7(4-14-9)6-1-2-6/h3-6H,1-2H2. The molecule has 1 aliphatic carbocycles. The molecule has 1 aromatic heterocycles. The molecule has 2 nitrogen and oxygen atoms in total. The van der Waals surface area contributed by atoms with E-state index < -0.39 is 11.9 Å². The first-order valence-corrected chi connectivity index (χ1v) is 4.54. The Hall–Kier alpha value is -1.39. The van der Waals surface area contributed by atoms with Gasteiger partial charge in [0.2, 0.25) is 0 Å². The molecular formula is C10H8F3NO. The Balaban J connectivity index is 2.43. The molecule has 0 spiro atoms. The van der Waals surface area contributed by atoms with Crippen LogP contribution in [0.1, 0.15) is 40.4 Å². The van der Waals surface area contributed by atoms with Crippen molar-refractivity contribution in [3.63, 3.8) is 0 Å². The molecule has 0 radical (unpaired) electrons. The highest BCUT2D eigenvalue weighted by molar-refractivity contribution is 5.77. The zero-order valence-electron chi connectivity index (χ0n) is 7.71. The maximum Gasteiger partial charge on any atom is 0.434 e. The molecule has 80 valence electrons. The molecular weight excluding hydrogens is 207 g/mol. The zero-order chi connectivity index (χ0) is 11.1. The first kappa shape index (κ1) is 10.1. The molecule has 5 heteroatoms. The highest BCUT2D eigenvalue weighted by Gasteiger charge is 2.36. The first-order chi connectivity index (χ1) is 7.02. The minimum absolute atomic E-state index is 0.210.